The van der Waals surface area contributed by atoms with Crippen LogP contribution in [0.1, 0.15) is 48.3 Å². The Morgan fingerprint density at radius 1 is 0.978 bits per heavy atom. The van der Waals surface area contributed by atoms with Crippen LogP contribution in [0.25, 0.3) is 0 Å². The minimum Gasteiger partial charge on any atom is -0.324 e. The maximum absolute atomic E-state index is 15.3. The number of alkyl halides is 1. The molecule has 1 saturated carbocycles. The highest BCUT2D eigenvalue weighted by Gasteiger charge is 2.63. The summed E-state index contributed by atoms with van der Waals surface area (Å²) in [6.07, 6.45) is 1.85. The molecule has 46 heavy (non-hydrogen) atoms. The van der Waals surface area contributed by atoms with Gasteiger partial charge in [0.05, 0.1) is 23.6 Å². The number of piperidine rings is 1. The number of piperazine rings is 1. The summed E-state index contributed by atoms with van der Waals surface area (Å²) in [6.45, 7) is 1.24. The number of aromatic nitrogens is 1. The molecule has 2 N–H and O–H groups in total. The molecule has 1 amide bonds. The lowest BCUT2D eigenvalue weighted by Crippen LogP contribution is -2.60. The number of nitrogens with one attached hydrogen (secondary N) is 2. The lowest BCUT2D eigenvalue weighted by molar-refractivity contribution is -0.116. The van der Waals surface area contributed by atoms with Gasteiger partial charge in [-0.05, 0) is 67.0 Å². The Morgan fingerprint density at radius 2 is 1.67 bits per heavy atom. The number of hydrogen-bond donors (Lipinski definition) is 2. The number of carbonyl (C=O) groups excluding carboxylic acids is 1. The van der Waals surface area contributed by atoms with Crippen LogP contribution in [0.3, 0.4) is 0 Å². The molecular weight excluding hydrogens is 629 g/mol. The van der Waals surface area contributed by atoms with Gasteiger partial charge in [0.25, 0.3) is 10.2 Å². The van der Waals surface area contributed by atoms with Crippen LogP contribution >= 0.6 is 0 Å². The van der Waals surface area contributed by atoms with Crippen LogP contribution in [0.2, 0.25) is 0 Å². The highest BCUT2D eigenvalue weighted by Crippen LogP contribution is 2.53. The first-order valence-corrected chi connectivity index (χ1v) is 16.6. The summed E-state index contributed by atoms with van der Waals surface area (Å²) in [5.74, 6) is -4.59. The van der Waals surface area contributed by atoms with Crippen LogP contribution < -0.4 is 10.6 Å². The van der Waals surface area contributed by atoms with Gasteiger partial charge >= 0.3 is 0 Å². The van der Waals surface area contributed by atoms with Gasteiger partial charge in [0.1, 0.15) is 29.4 Å². The maximum Gasteiger partial charge on any atom is 0.282 e. The molecule has 246 valence electrons. The SMILES string of the molecule is O=C(C[C@@H](c1ccc(F)cc1)c1cc(F)cc(F)c1)Nc1cncc(F)c1C[C@@H]1C[C@]12CNCCN2S(=O)(=O)N1CCC(F)CC1. The third-order valence-electron chi connectivity index (χ3n) is 9.29. The van der Waals surface area contributed by atoms with Crippen LogP contribution in [0, 0.1) is 29.2 Å². The van der Waals surface area contributed by atoms with E-state index in [9.17, 15) is 30.8 Å². The summed E-state index contributed by atoms with van der Waals surface area (Å²) >= 11 is 0. The summed E-state index contributed by atoms with van der Waals surface area (Å²) in [5.41, 5.74) is 0.0648. The van der Waals surface area contributed by atoms with Gasteiger partial charge < -0.3 is 10.6 Å². The van der Waals surface area contributed by atoms with Crippen molar-refractivity contribution in [1.82, 2.24) is 18.9 Å². The van der Waals surface area contributed by atoms with Crippen molar-refractivity contribution in [3.05, 3.63) is 94.8 Å². The summed E-state index contributed by atoms with van der Waals surface area (Å²) in [5, 5.41) is 5.94. The number of benzene rings is 2. The number of rotatable bonds is 9. The second-order valence-corrected chi connectivity index (χ2v) is 14.1. The molecule has 2 aliphatic heterocycles. The van der Waals surface area contributed by atoms with E-state index in [4.69, 9.17) is 0 Å². The summed E-state index contributed by atoms with van der Waals surface area (Å²) in [7, 11) is -3.89. The van der Waals surface area contributed by atoms with Crippen molar-refractivity contribution in [2.75, 3.05) is 38.0 Å². The van der Waals surface area contributed by atoms with Crippen LogP contribution in [0.5, 0.6) is 0 Å². The molecule has 3 atom stereocenters. The summed E-state index contributed by atoms with van der Waals surface area (Å²) < 4.78 is 101. The third-order valence-corrected chi connectivity index (χ3v) is 11.4. The van der Waals surface area contributed by atoms with E-state index in [1.54, 1.807) is 0 Å². The standard InChI is InChI=1S/C32H34F5N5O3S/c33-23-3-1-20(2-4-23)27(21-11-25(35)14-26(36)12-21)15-31(43)40-30-18-39-17-29(37)28(30)13-22-16-32(22)19-38-7-10-42(32)46(44,45)41-8-5-24(34)6-9-41/h1-4,11-12,14,17-18,22,24,27,38H,5-10,13,15-16,19H2,(H,40,43)/t22-,27+,32+/m1/s1. The first kappa shape index (κ1) is 32.5. The number of anilines is 1. The van der Waals surface area contributed by atoms with E-state index in [-0.39, 0.29) is 68.0 Å². The van der Waals surface area contributed by atoms with Gasteiger partial charge in [0, 0.05) is 56.7 Å². The molecule has 1 aromatic heterocycles. The van der Waals surface area contributed by atoms with Gasteiger partial charge in [0.2, 0.25) is 5.91 Å². The Balaban J connectivity index is 1.21. The molecule has 3 aromatic rings. The van der Waals surface area contributed by atoms with Crippen molar-refractivity contribution < 1.29 is 35.2 Å². The number of nitrogens with zero attached hydrogens (tertiary/aromatic N) is 3. The molecule has 0 bridgehead atoms. The lowest BCUT2D eigenvalue weighted by atomic mass is 9.88. The molecular formula is C32H34F5N5O3S. The Bertz CT molecular complexity index is 1680. The van der Waals surface area contributed by atoms with E-state index >= 15 is 4.39 Å². The molecule has 1 spiro atoms. The highest BCUT2D eigenvalue weighted by atomic mass is 32.2. The molecule has 1 aliphatic carbocycles. The first-order chi connectivity index (χ1) is 22.0. The maximum atomic E-state index is 15.3. The predicted molar refractivity (Wildman–Crippen MR) is 161 cm³/mol. The third kappa shape index (κ3) is 6.66. The van der Waals surface area contributed by atoms with E-state index < -0.39 is 57.0 Å². The molecule has 0 unspecified atom stereocenters. The van der Waals surface area contributed by atoms with Gasteiger partial charge in [0.15, 0.2) is 0 Å². The Hall–Kier alpha value is -3.46. The normalized spacial score (nSPS) is 23.4. The number of halogens is 5. The second kappa shape index (κ2) is 13.0. The molecule has 0 radical (unpaired) electrons. The fourth-order valence-electron chi connectivity index (χ4n) is 6.80. The van der Waals surface area contributed by atoms with Crippen LogP contribution in [0.15, 0.2) is 54.9 Å². The Morgan fingerprint density at radius 3 is 2.37 bits per heavy atom. The molecule has 8 nitrogen and oxygen atoms in total. The fourth-order valence-corrected chi connectivity index (χ4v) is 8.82. The van der Waals surface area contributed by atoms with E-state index in [1.807, 2.05) is 0 Å². The van der Waals surface area contributed by atoms with Gasteiger partial charge in [-0.3, -0.25) is 9.78 Å². The zero-order chi connectivity index (χ0) is 32.6. The van der Waals surface area contributed by atoms with Crippen molar-refractivity contribution in [3.63, 3.8) is 0 Å². The molecule has 2 saturated heterocycles. The molecule has 3 fully saturated rings. The monoisotopic (exact) mass is 663 g/mol. The minimum absolute atomic E-state index is 0.0959. The fraction of sp³-hybridized carbons (Fsp3) is 0.438. The number of hydrogen-bond acceptors (Lipinski definition) is 5. The Kier molecular flexibility index (Phi) is 9.16. The molecule has 6 rings (SSSR count). The largest absolute Gasteiger partial charge is 0.324 e. The van der Waals surface area contributed by atoms with Crippen molar-refractivity contribution >= 4 is 21.8 Å². The summed E-state index contributed by atoms with van der Waals surface area (Å²) in [6, 6.07) is 8.13. The lowest BCUT2D eigenvalue weighted by Gasteiger charge is -2.41. The smallest absolute Gasteiger partial charge is 0.282 e. The van der Waals surface area contributed by atoms with Gasteiger partial charge in [-0.25, -0.2) is 22.0 Å². The summed E-state index contributed by atoms with van der Waals surface area (Å²) in [4.78, 5) is 17.3. The number of carbonyl (C=O) groups is 1. The number of amides is 1. The van der Waals surface area contributed by atoms with Crippen LogP contribution in [0.4, 0.5) is 27.6 Å². The zero-order valence-corrected chi connectivity index (χ0v) is 25.7. The quantitative estimate of drug-likeness (QED) is 0.325. The van der Waals surface area contributed by atoms with Crippen molar-refractivity contribution in [1.29, 1.82) is 0 Å². The van der Waals surface area contributed by atoms with E-state index in [2.05, 4.69) is 15.6 Å². The first-order valence-electron chi connectivity index (χ1n) is 15.2. The van der Waals surface area contributed by atoms with Gasteiger partial charge in [-0.1, -0.05) is 12.1 Å². The van der Waals surface area contributed by atoms with Crippen LogP contribution in [-0.4, -0.2) is 72.4 Å². The average Bonchev–Trinajstić information content (AvgIpc) is 3.68. The molecule has 2 aromatic carbocycles. The van der Waals surface area contributed by atoms with E-state index in [0.29, 0.717) is 31.1 Å². The molecule has 3 heterocycles. The van der Waals surface area contributed by atoms with E-state index in [0.717, 1.165) is 18.3 Å². The number of pyridine rings is 1. The van der Waals surface area contributed by atoms with Crippen molar-refractivity contribution in [2.45, 2.75) is 49.7 Å². The van der Waals surface area contributed by atoms with E-state index in [1.165, 1.54) is 39.1 Å². The molecule has 14 heteroatoms. The van der Waals surface area contributed by atoms with Gasteiger partial charge in [-0.2, -0.15) is 17.0 Å². The predicted octanol–water partition coefficient (Wildman–Crippen LogP) is 4.68. The molecule has 3 aliphatic rings. The average molecular weight is 664 g/mol. The van der Waals surface area contributed by atoms with Crippen molar-refractivity contribution in [3.8, 4) is 0 Å². The second-order valence-electron chi connectivity index (χ2n) is 12.2. The van der Waals surface area contributed by atoms with Crippen molar-refractivity contribution in [2.24, 2.45) is 5.92 Å². The van der Waals surface area contributed by atoms with Crippen LogP contribution in [-0.2, 0) is 21.4 Å². The minimum atomic E-state index is -3.89. The highest BCUT2D eigenvalue weighted by molar-refractivity contribution is 7.86. The zero-order valence-electron chi connectivity index (χ0n) is 24.9. The van der Waals surface area contributed by atoms with Gasteiger partial charge in [-0.15, -0.1) is 0 Å². The Labute approximate surface area is 264 Å². The topological polar surface area (TPSA) is 94.6 Å².